The van der Waals surface area contributed by atoms with Crippen LogP contribution in [0.3, 0.4) is 0 Å². The minimum Gasteiger partial charge on any atom is -0.493 e. The number of benzene rings is 1. The topological polar surface area (TPSA) is 78.0 Å². The van der Waals surface area contributed by atoms with Gasteiger partial charge < -0.3 is 19.1 Å². The van der Waals surface area contributed by atoms with Gasteiger partial charge >= 0.3 is 5.97 Å². The maximum atomic E-state index is 13.2. The second kappa shape index (κ2) is 8.60. The number of aromatic nitrogens is 1. The first kappa shape index (κ1) is 20.1. The lowest BCUT2D eigenvalue weighted by Crippen LogP contribution is -2.41. The molecular formula is C20H21BrN2O5. The zero-order valence-corrected chi connectivity index (χ0v) is 17.5. The van der Waals surface area contributed by atoms with E-state index in [1.165, 1.54) is 13.3 Å². The molecule has 0 spiro atoms. The summed E-state index contributed by atoms with van der Waals surface area (Å²) >= 11 is 3.34. The lowest BCUT2D eigenvalue weighted by atomic mass is 9.89. The van der Waals surface area contributed by atoms with E-state index < -0.39 is 12.0 Å². The number of pyridine rings is 1. The minimum absolute atomic E-state index is 0.0478. The van der Waals surface area contributed by atoms with Crippen LogP contribution in [0.25, 0.3) is 0 Å². The van der Waals surface area contributed by atoms with Gasteiger partial charge in [-0.1, -0.05) is 0 Å². The number of hydrogen-bond donors (Lipinski definition) is 0. The van der Waals surface area contributed by atoms with Crippen LogP contribution in [0.1, 0.15) is 33.9 Å². The van der Waals surface area contributed by atoms with Crippen molar-refractivity contribution in [1.29, 1.82) is 0 Å². The monoisotopic (exact) mass is 448 g/mol. The predicted molar refractivity (Wildman–Crippen MR) is 106 cm³/mol. The summed E-state index contributed by atoms with van der Waals surface area (Å²) < 4.78 is 16.4. The van der Waals surface area contributed by atoms with E-state index in [0.717, 1.165) is 11.1 Å². The Morgan fingerprint density at radius 2 is 1.86 bits per heavy atom. The van der Waals surface area contributed by atoms with Crippen molar-refractivity contribution in [2.24, 2.45) is 0 Å². The van der Waals surface area contributed by atoms with Crippen molar-refractivity contribution in [3.8, 4) is 11.5 Å². The van der Waals surface area contributed by atoms with Gasteiger partial charge in [0.2, 0.25) is 0 Å². The highest BCUT2D eigenvalue weighted by Crippen LogP contribution is 2.40. The Balaban J connectivity index is 2.04. The zero-order chi connectivity index (χ0) is 20.3. The van der Waals surface area contributed by atoms with Gasteiger partial charge in [-0.05, 0) is 51.7 Å². The van der Waals surface area contributed by atoms with Crippen LogP contribution in [0, 0.1) is 0 Å². The van der Waals surface area contributed by atoms with Crippen molar-refractivity contribution in [2.75, 3.05) is 27.9 Å². The molecule has 0 saturated carbocycles. The average Bonchev–Trinajstić information content (AvgIpc) is 2.72. The van der Waals surface area contributed by atoms with E-state index in [4.69, 9.17) is 14.2 Å². The Morgan fingerprint density at radius 1 is 1.14 bits per heavy atom. The van der Waals surface area contributed by atoms with Crippen molar-refractivity contribution in [2.45, 2.75) is 18.9 Å². The third-order valence-corrected chi connectivity index (χ3v) is 5.24. The van der Waals surface area contributed by atoms with E-state index >= 15 is 0 Å². The number of hydrogen-bond acceptors (Lipinski definition) is 6. The molecule has 1 aliphatic rings. The van der Waals surface area contributed by atoms with Crippen molar-refractivity contribution >= 4 is 27.8 Å². The van der Waals surface area contributed by atoms with Gasteiger partial charge in [0.1, 0.15) is 0 Å². The third-order valence-electron chi connectivity index (χ3n) is 4.80. The highest BCUT2D eigenvalue weighted by Gasteiger charge is 2.34. The number of carbonyl (C=O) groups is 2. The first-order valence-corrected chi connectivity index (χ1v) is 9.51. The minimum atomic E-state index is -0.470. The number of amides is 1. The summed E-state index contributed by atoms with van der Waals surface area (Å²) in [5.41, 5.74) is 2.32. The summed E-state index contributed by atoms with van der Waals surface area (Å²) in [5.74, 6) is 0.588. The number of esters is 1. The van der Waals surface area contributed by atoms with Crippen LogP contribution < -0.4 is 9.47 Å². The molecule has 0 bridgehead atoms. The molecule has 0 aliphatic carbocycles. The average molecular weight is 449 g/mol. The normalized spacial score (nSPS) is 15.6. The van der Waals surface area contributed by atoms with Crippen LogP contribution in [0.4, 0.5) is 0 Å². The van der Waals surface area contributed by atoms with Gasteiger partial charge in [0.15, 0.2) is 11.5 Å². The molecule has 2 heterocycles. The molecule has 0 radical (unpaired) electrons. The lowest BCUT2D eigenvalue weighted by Gasteiger charge is -2.37. The largest absolute Gasteiger partial charge is 0.493 e. The van der Waals surface area contributed by atoms with Crippen LogP contribution in [0.15, 0.2) is 35.1 Å². The van der Waals surface area contributed by atoms with Gasteiger partial charge in [0.05, 0.1) is 39.4 Å². The van der Waals surface area contributed by atoms with Crippen molar-refractivity contribution < 1.29 is 23.8 Å². The van der Waals surface area contributed by atoms with Gasteiger partial charge in [-0.2, -0.15) is 0 Å². The maximum absolute atomic E-state index is 13.2. The standard InChI is InChI=1S/C20H21BrN2O5/c1-26-17-7-12-4-5-23(20(25)13-6-14(21)11-22-10-13)16(9-19(24)28-3)15(12)8-18(17)27-2/h6-8,10-11,16H,4-5,9H2,1-3H3/t16-/m0/s1. The maximum Gasteiger partial charge on any atom is 0.307 e. The number of rotatable bonds is 5. The summed E-state index contributed by atoms with van der Waals surface area (Å²) in [6, 6.07) is 4.98. The number of fused-ring (bicyclic) bond motifs is 1. The highest BCUT2D eigenvalue weighted by atomic mass is 79.9. The summed E-state index contributed by atoms with van der Waals surface area (Å²) in [6.45, 7) is 0.468. The van der Waals surface area contributed by atoms with Gasteiger partial charge in [0, 0.05) is 23.4 Å². The van der Waals surface area contributed by atoms with Crippen LogP contribution in [-0.4, -0.2) is 49.6 Å². The first-order chi connectivity index (χ1) is 13.5. The fraction of sp³-hybridized carbons (Fsp3) is 0.350. The molecule has 28 heavy (non-hydrogen) atoms. The molecule has 148 valence electrons. The number of ether oxygens (including phenoxy) is 3. The highest BCUT2D eigenvalue weighted by molar-refractivity contribution is 9.10. The number of methoxy groups -OCH3 is 3. The van der Waals surface area contributed by atoms with Crippen LogP contribution >= 0.6 is 15.9 Å². The van der Waals surface area contributed by atoms with Gasteiger partial charge in [-0.3, -0.25) is 14.6 Å². The summed E-state index contributed by atoms with van der Waals surface area (Å²) in [4.78, 5) is 31.0. The molecule has 3 rings (SSSR count). The Kier molecular flexibility index (Phi) is 6.18. The Labute approximate surface area is 171 Å². The van der Waals surface area contributed by atoms with E-state index in [1.807, 2.05) is 12.1 Å². The number of halogens is 1. The smallest absolute Gasteiger partial charge is 0.307 e. The quantitative estimate of drug-likeness (QED) is 0.653. The van der Waals surface area contributed by atoms with Crippen LogP contribution in [0.5, 0.6) is 11.5 Å². The van der Waals surface area contributed by atoms with E-state index in [-0.39, 0.29) is 12.3 Å². The van der Waals surface area contributed by atoms with Crippen LogP contribution in [-0.2, 0) is 16.0 Å². The lowest BCUT2D eigenvalue weighted by molar-refractivity contribution is -0.141. The predicted octanol–water partition coefficient (Wildman–Crippen LogP) is 3.16. The Hall–Kier alpha value is -2.61. The molecule has 0 saturated heterocycles. The summed E-state index contributed by atoms with van der Waals surface area (Å²) in [6.07, 6.45) is 3.82. The summed E-state index contributed by atoms with van der Waals surface area (Å²) in [5, 5.41) is 0. The Bertz CT molecular complexity index is 902. The van der Waals surface area contributed by atoms with Gasteiger partial charge in [0.25, 0.3) is 5.91 Å². The molecule has 7 nitrogen and oxygen atoms in total. The molecule has 8 heteroatoms. The molecule has 0 N–H and O–H groups in total. The summed E-state index contributed by atoms with van der Waals surface area (Å²) in [7, 11) is 4.47. The fourth-order valence-electron chi connectivity index (χ4n) is 3.43. The second-order valence-electron chi connectivity index (χ2n) is 6.34. The fourth-order valence-corrected chi connectivity index (χ4v) is 3.79. The molecule has 1 amide bonds. The number of nitrogens with zero attached hydrogens (tertiary/aromatic N) is 2. The SMILES string of the molecule is COC(=O)C[C@H]1c2cc(OC)c(OC)cc2CCN1C(=O)c1cncc(Br)c1. The molecule has 0 fully saturated rings. The van der Waals surface area contributed by atoms with Crippen molar-refractivity contribution in [3.05, 3.63) is 51.8 Å². The van der Waals surface area contributed by atoms with Crippen molar-refractivity contribution in [1.82, 2.24) is 9.88 Å². The molecule has 1 aromatic heterocycles. The second-order valence-corrected chi connectivity index (χ2v) is 7.26. The first-order valence-electron chi connectivity index (χ1n) is 8.71. The van der Waals surface area contributed by atoms with Crippen molar-refractivity contribution in [3.63, 3.8) is 0 Å². The van der Waals surface area contributed by atoms with Gasteiger partial charge in [-0.15, -0.1) is 0 Å². The molecule has 1 aliphatic heterocycles. The molecule has 1 aromatic carbocycles. The Morgan fingerprint density at radius 3 is 2.50 bits per heavy atom. The van der Waals surface area contributed by atoms with E-state index in [2.05, 4.69) is 20.9 Å². The third kappa shape index (κ3) is 3.96. The molecular weight excluding hydrogens is 428 g/mol. The van der Waals surface area contributed by atoms with Gasteiger partial charge in [-0.25, -0.2) is 0 Å². The van der Waals surface area contributed by atoms with E-state index in [9.17, 15) is 9.59 Å². The van der Waals surface area contributed by atoms with E-state index in [0.29, 0.717) is 34.5 Å². The van der Waals surface area contributed by atoms with E-state index in [1.54, 1.807) is 31.4 Å². The number of carbonyl (C=O) groups excluding carboxylic acids is 2. The van der Waals surface area contributed by atoms with Crippen LogP contribution in [0.2, 0.25) is 0 Å². The molecule has 2 aromatic rings. The molecule has 0 unspecified atom stereocenters. The molecule has 1 atom stereocenters. The zero-order valence-electron chi connectivity index (χ0n) is 15.9.